The van der Waals surface area contributed by atoms with E-state index in [2.05, 4.69) is 29.0 Å². The Kier molecular flexibility index (Phi) is 4.62. The molecule has 0 saturated heterocycles. The van der Waals surface area contributed by atoms with Crippen LogP contribution in [0.25, 0.3) is 22.6 Å². The maximum Gasteiger partial charge on any atom is 0.0998 e. The third kappa shape index (κ3) is 3.30. The van der Waals surface area contributed by atoms with Gasteiger partial charge in [-0.2, -0.15) is 16.6 Å². The Labute approximate surface area is 161 Å². The maximum absolute atomic E-state index is 9.57. The average Bonchev–Trinajstić information content (AvgIpc) is 3.31. The second kappa shape index (κ2) is 7.21. The molecule has 0 fully saturated rings. The second-order valence-corrected chi connectivity index (χ2v) is 7.25. The number of nitrogens with zero attached hydrogens (tertiary/aromatic N) is 2. The van der Waals surface area contributed by atoms with Crippen molar-refractivity contribution in [3.05, 3.63) is 93.3 Å². The Morgan fingerprint density at radius 3 is 2.65 bits per heavy atom. The average molecular weight is 375 g/mol. The van der Waals surface area contributed by atoms with Crippen LogP contribution in [0.5, 0.6) is 0 Å². The molecule has 126 valence electrons. The number of hydrogen-bond acceptors (Lipinski definition) is 2. The molecule has 0 N–H and O–H groups in total. The molecule has 0 aliphatic carbocycles. The minimum Gasteiger partial charge on any atom is -0.342 e. The minimum absolute atomic E-state index is 0.681. The normalized spacial score (nSPS) is 11.6. The Bertz CT molecular complexity index is 1110. The van der Waals surface area contributed by atoms with Crippen molar-refractivity contribution >= 4 is 45.5 Å². The predicted molar refractivity (Wildman–Crippen MR) is 110 cm³/mol. The standard InChI is InChI=1S/C22H15ClN2S/c23-20-7-5-16(6-8-20)13-25-14-19(21-3-1-2-4-22(21)25)11-18(12-24)17-9-10-26-15-17/h1-11,14-15H,13H2/b18-11+. The highest BCUT2D eigenvalue weighted by molar-refractivity contribution is 7.08. The van der Waals surface area contributed by atoms with Gasteiger partial charge in [-0.25, -0.2) is 0 Å². The molecule has 0 aliphatic rings. The molecule has 0 atom stereocenters. The van der Waals surface area contributed by atoms with Crippen molar-refractivity contribution in [2.45, 2.75) is 6.54 Å². The van der Waals surface area contributed by atoms with E-state index in [1.165, 1.54) is 5.56 Å². The van der Waals surface area contributed by atoms with E-state index in [0.29, 0.717) is 5.57 Å². The van der Waals surface area contributed by atoms with Crippen molar-refractivity contribution in [1.82, 2.24) is 4.57 Å². The molecule has 0 spiro atoms. The van der Waals surface area contributed by atoms with Crippen LogP contribution in [0, 0.1) is 11.3 Å². The van der Waals surface area contributed by atoms with E-state index in [-0.39, 0.29) is 0 Å². The van der Waals surface area contributed by atoms with Crippen molar-refractivity contribution in [2.24, 2.45) is 0 Å². The molecule has 2 aromatic carbocycles. The van der Waals surface area contributed by atoms with E-state index in [1.54, 1.807) is 11.3 Å². The molecule has 0 radical (unpaired) electrons. The number of rotatable bonds is 4. The zero-order chi connectivity index (χ0) is 17.9. The fraction of sp³-hybridized carbons (Fsp3) is 0.0455. The second-order valence-electron chi connectivity index (χ2n) is 6.04. The van der Waals surface area contributed by atoms with Crippen LogP contribution < -0.4 is 0 Å². The number of para-hydroxylation sites is 1. The number of allylic oxidation sites excluding steroid dienone is 1. The lowest BCUT2D eigenvalue weighted by Crippen LogP contribution is -1.97. The number of hydrogen-bond donors (Lipinski definition) is 0. The van der Waals surface area contributed by atoms with Gasteiger partial charge in [-0.3, -0.25) is 0 Å². The molecule has 2 aromatic heterocycles. The number of halogens is 1. The van der Waals surface area contributed by atoms with E-state index in [0.717, 1.165) is 33.6 Å². The lowest BCUT2D eigenvalue weighted by molar-refractivity contribution is 0.836. The van der Waals surface area contributed by atoms with Gasteiger partial charge in [0.2, 0.25) is 0 Å². The largest absolute Gasteiger partial charge is 0.342 e. The molecule has 4 heteroatoms. The van der Waals surface area contributed by atoms with Gasteiger partial charge in [0.25, 0.3) is 0 Å². The third-order valence-corrected chi connectivity index (χ3v) is 5.27. The fourth-order valence-corrected chi connectivity index (χ4v) is 3.84. The molecule has 26 heavy (non-hydrogen) atoms. The first-order valence-electron chi connectivity index (χ1n) is 8.21. The maximum atomic E-state index is 9.57. The van der Waals surface area contributed by atoms with Gasteiger partial charge in [-0.15, -0.1) is 0 Å². The topological polar surface area (TPSA) is 28.7 Å². The summed E-state index contributed by atoms with van der Waals surface area (Å²) in [6.07, 6.45) is 4.09. The van der Waals surface area contributed by atoms with Gasteiger partial charge in [-0.05, 0) is 46.7 Å². The van der Waals surface area contributed by atoms with Gasteiger partial charge in [0, 0.05) is 39.8 Å². The van der Waals surface area contributed by atoms with Crippen LogP contribution in [0.15, 0.2) is 71.6 Å². The lowest BCUT2D eigenvalue weighted by Gasteiger charge is -2.05. The third-order valence-electron chi connectivity index (χ3n) is 4.34. The summed E-state index contributed by atoms with van der Waals surface area (Å²) in [5, 5.41) is 15.4. The van der Waals surface area contributed by atoms with Crippen LogP contribution in [-0.2, 0) is 6.54 Å². The van der Waals surface area contributed by atoms with Crippen LogP contribution in [0.3, 0.4) is 0 Å². The molecule has 0 bridgehead atoms. The van der Waals surface area contributed by atoms with E-state index < -0.39 is 0 Å². The van der Waals surface area contributed by atoms with E-state index in [1.807, 2.05) is 59.3 Å². The molecule has 4 aromatic rings. The molecule has 0 saturated carbocycles. The summed E-state index contributed by atoms with van der Waals surface area (Å²) in [6, 6.07) is 20.5. The zero-order valence-electron chi connectivity index (χ0n) is 13.9. The fourth-order valence-electron chi connectivity index (χ4n) is 3.06. The number of nitriles is 1. The lowest BCUT2D eigenvalue weighted by atomic mass is 10.1. The minimum atomic E-state index is 0.681. The van der Waals surface area contributed by atoms with Crippen LogP contribution in [0.4, 0.5) is 0 Å². The van der Waals surface area contributed by atoms with E-state index in [4.69, 9.17) is 11.6 Å². The van der Waals surface area contributed by atoms with Gasteiger partial charge in [0.1, 0.15) is 0 Å². The highest BCUT2D eigenvalue weighted by Gasteiger charge is 2.09. The molecule has 0 unspecified atom stereocenters. The Morgan fingerprint density at radius 1 is 1.12 bits per heavy atom. The van der Waals surface area contributed by atoms with Gasteiger partial charge in [0.05, 0.1) is 11.6 Å². The monoisotopic (exact) mass is 374 g/mol. The van der Waals surface area contributed by atoms with E-state index in [9.17, 15) is 5.26 Å². The highest BCUT2D eigenvalue weighted by atomic mass is 35.5. The molecule has 2 heterocycles. The molecule has 2 nitrogen and oxygen atoms in total. The smallest absolute Gasteiger partial charge is 0.0998 e. The molecular weight excluding hydrogens is 360 g/mol. The SMILES string of the molecule is N#C/C(=C\c1cn(Cc2ccc(Cl)cc2)c2ccccc12)c1ccsc1. The Hall–Kier alpha value is -2.80. The number of benzene rings is 2. The first kappa shape index (κ1) is 16.7. The van der Waals surface area contributed by atoms with Gasteiger partial charge < -0.3 is 4.57 Å². The zero-order valence-corrected chi connectivity index (χ0v) is 15.5. The Balaban J connectivity index is 1.79. The number of aromatic nitrogens is 1. The molecule has 4 rings (SSSR count). The summed E-state index contributed by atoms with van der Waals surface area (Å²) in [5.41, 5.74) is 5.03. The van der Waals surface area contributed by atoms with Crippen LogP contribution in [-0.4, -0.2) is 4.57 Å². The van der Waals surface area contributed by atoms with Crippen molar-refractivity contribution in [3.8, 4) is 6.07 Å². The number of thiophene rings is 1. The summed E-state index contributed by atoms with van der Waals surface area (Å²) in [6.45, 7) is 0.756. The van der Waals surface area contributed by atoms with Crippen molar-refractivity contribution in [1.29, 1.82) is 5.26 Å². The summed E-state index contributed by atoms with van der Waals surface area (Å²) >= 11 is 7.59. The van der Waals surface area contributed by atoms with Crippen LogP contribution in [0.1, 0.15) is 16.7 Å². The summed E-state index contributed by atoms with van der Waals surface area (Å²) < 4.78 is 2.22. The molecular formula is C22H15ClN2S. The van der Waals surface area contributed by atoms with Crippen molar-refractivity contribution in [2.75, 3.05) is 0 Å². The highest BCUT2D eigenvalue weighted by Crippen LogP contribution is 2.27. The summed E-state index contributed by atoms with van der Waals surface area (Å²) in [7, 11) is 0. The Morgan fingerprint density at radius 2 is 1.92 bits per heavy atom. The summed E-state index contributed by atoms with van der Waals surface area (Å²) in [5.74, 6) is 0. The quantitative estimate of drug-likeness (QED) is 0.376. The number of fused-ring (bicyclic) bond motifs is 1. The van der Waals surface area contributed by atoms with Gasteiger partial charge in [0.15, 0.2) is 0 Å². The van der Waals surface area contributed by atoms with Crippen molar-refractivity contribution < 1.29 is 0 Å². The van der Waals surface area contributed by atoms with E-state index >= 15 is 0 Å². The van der Waals surface area contributed by atoms with Crippen molar-refractivity contribution in [3.63, 3.8) is 0 Å². The summed E-state index contributed by atoms with van der Waals surface area (Å²) in [4.78, 5) is 0. The van der Waals surface area contributed by atoms with Gasteiger partial charge >= 0.3 is 0 Å². The predicted octanol–water partition coefficient (Wildman–Crippen LogP) is 6.47. The van der Waals surface area contributed by atoms with Crippen LogP contribution in [0.2, 0.25) is 5.02 Å². The molecule has 0 amide bonds. The first-order chi connectivity index (χ1) is 12.7. The first-order valence-corrected chi connectivity index (χ1v) is 9.53. The van der Waals surface area contributed by atoms with Gasteiger partial charge in [-0.1, -0.05) is 41.9 Å². The van der Waals surface area contributed by atoms with Crippen LogP contribution >= 0.6 is 22.9 Å². The molecule has 0 aliphatic heterocycles.